The van der Waals surface area contributed by atoms with Crippen LogP contribution in [0.1, 0.15) is 61.1 Å². The first kappa shape index (κ1) is 23.5. The van der Waals surface area contributed by atoms with Gasteiger partial charge in [-0.25, -0.2) is 0 Å². The summed E-state index contributed by atoms with van der Waals surface area (Å²) in [7, 11) is -1.72. The summed E-state index contributed by atoms with van der Waals surface area (Å²) in [6.07, 6.45) is 0. The van der Waals surface area contributed by atoms with Crippen molar-refractivity contribution in [1.82, 2.24) is 0 Å². The summed E-state index contributed by atoms with van der Waals surface area (Å²) in [5, 5.41) is 3.10. The van der Waals surface area contributed by atoms with Gasteiger partial charge in [0.15, 0.2) is 0 Å². The summed E-state index contributed by atoms with van der Waals surface area (Å²) in [5.41, 5.74) is 14.2. The fraction of sp³-hybridized carbons (Fsp3) is 0.312. The molecule has 0 heterocycles. The molecule has 3 aromatic carbocycles. The van der Waals surface area contributed by atoms with Crippen LogP contribution in [0.15, 0.2) is 77.4 Å². The molecule has 0 aromatic heterocycles. The van der Waals surface area contributed by atoms with Gasteiger partial charge in [-0.05, 0) is 77.7 Å². The predicted molar refractivity (Wildman–Crippen MR) is 149 cm³/mol. The van der Waals surface area contributed by atoms with Crippen LogP contribution in [0.4, 0.5) is 0 Å². The van der Waals surface area contributed by atoms with Gasteiger partial charge in [-0.1, -0.05) is 111 Å². The number of rotatable bonds is 4. The van der Waals surface area contributed by atoms with Crippen LogP contribution in [-0.4, -0.2) is 8.80 Å². The van der Waals surface area contributed by atoms with Crippen LogP contribution >= 0.6 is 0 Å². The molecule has 1 heteroatoms. The van der Waals surface area contributed by atoms with E-state index in [9.17, 15) is 0 Å². The Labute approximate surface area is 202 Å². The first-order valence-electron chi connectivity index (χ1n) is 12.2. The van der Waals surface area contributed by atoms with E-state index in [-0.39, 0.29) is 5.04 Å². The summed E-state index contributed by atoms with van der Waals surface area (Å²) in [6, 6.07) is 23.6. The topological polar surface area (TPSA) is 0 Å². The van der Waals surface area contributed by atoms with Gasteiger partial charge in [0, 0.05) is 5.04 Å². The van der Waals surface area contributed by atoms with Gasteiger partial charge in [-0.2, -0.15) is 0 Å². The van der Waals surface area contributed by atoms with E-state index in [4.69, 9.17) is 0 Å². The van der Waals surface area contributed by atoms with E-state index >= 15 is 0 Å². The molecule has 0 fully saturated rings. The smallest absolute Gasteiger partial charge is 0.0621 e. The molecule has 0 spiro atoms. The summed E-state index contributed by atoms with van der Waals surface area (Å²) < 4.78 is 0. The van der Waals surface area contributed by atoms with Gasteiger partial charge < -0.3 is 0 Å². The van der Waals surface area contributed by atoms with Crippen molar-refractivity contribution in [2.45, 2.75) is 67.4 Å². The Hall–Kier alpha value is -2.64. The van der Waals surface area contributed by atoms with Crippen LogP contribution in [0, 0.1) is 34.6 Å². The predicted octanol–water partition coefficient (Wildman–Crippen LogP) is 7.15. The maximum atomic E-state index is 2.55. The zero-order chi connectivity index (χ0) is 24.1. The van der Waals surface area contributed by atoms with Crippen molar-refractivity contribution in [3.05, 3.63) is 111 Å². The van der Waals surface area contributed by atoms with Crippen LogP contribution in [0.25, 0.3) is 5.57 Å². The number of benzene rings is 3. The lowest BCUT2D eigenvalue weighted by Gasteiger charge is -2.39. The lowest BCUT2D eigenvalue weighted by Crippen LogP contribution is -2.52. The molecule has 0 saturated heterocycles. The summed E-state index contributed by atoms with van der Waals surface area (Å²) in [6.45, 7) is 20.8. The van der Waals surface area contributed by atoms with Gasteiger partial charge in [-0.3, -0.25) is 0 Å². The molecule has 170 valence electrons. The molecular weight excluding hydrogens is 412 g/mol. The molecule has 3 aromatic rings. The third kappa shape index (κ3) is 4.08. The highest BCUT2D eigenvalue weighted by Gasteiger charge is 2.47. The standard InChI is InChI=1S/C32H38Si/c1-20-11-10-12-28(15-20)31-26(7)25(6)27(8)32(31,9)33(29-16-21(2)13-22(3)17-29)30-18-23(4)14-24(5)19-30/h10-19,33H,1-9H3. The lowest BCUT2D eigenvalue weighted by molar-refractivity contribution is 0.901. The van der Waals surface area contributed by atoms with E-state index in [1.807, 2.05) is 0 Å². The molecule has 0 bridgehead atoms. The zero-order valence-electron chi connectivity index (χ0n) is 21.9. The minimum absolute atomic E-state index is 0.00241. The second kappa shape index (κ2) is 8.61. The van der Waals surface area contributed by atoms with Crippen LogP contribution in [-0.2, 0) is 0 Å². The fourth-order valence-corrected chi connectivity index (χ4v) is 11.1. The first-order chi connectivity index (χ1) is 15.5. The Kier molecular flexibility index (Phi) is 6.14. The minimum Gasteiger partial charge on any atom is -0.0621 e. The molecule has 0 amide bonds. The summed E-state index contributed by atoms with van der Waals surface area (Å²) in [5.74, 6) is 0. The van der Waals surface area contributed by atoms with Crippen LogP contribution in [0.2, 0.25) is 5.04 Å². The van der Waals surface area contributed by atoms with Gasteiger partial charge in [0.05, 0.1) is 0 Å². The number of aryl methyl sites for hydroxylation is 5. The number of hydrogen-bond acceptors (Lipinski definition) is 0. The molecule has 33 heavy (non-hydrogen) atoms. The van der Waals surface area contributed by atoms with Crippen LogP contribution in [0.5, 0.6) is 0 Å². The molecule has 0 N–H and O–H groups in total. The second-order valence-electron chi connectivity index (χ2n) is 10.6. The fourth-order valence-electron chi connectivity index (χ4n) is 6.33. The number of hydrogen-bond donors (Lipinski definition) is 0. The SMILES string of the molecule is CC1=C(C)C(C)([SiH](c2cc(C)cc(C)c2)c2cc(C)cc(C)c2)C(c2cccc(C)c2)=C1C. The average Bonchev–Trinajstić information content (AvgIpc) is 2.87. The van der Waals surface area contributed by atoms with E-state index < -0.39 is 8.80 Å². The summed E-state index contributed by atoms with van der Waals surface area (Å²) >= 11 is 0. The van der Waals surface area contributed by atoms with E-state index in [1.165, 1.54) is 50.1 Å². The van der Waals surface area contributed by atoms with Crippen molar-refractivity contribution in [2.24, 2.45) is 0 Å². The lowest BCUT2D eigenvalue weighted by atomic mass is 9.90. The van der Waals surface area contributed by atoms with Gasteiger partial charge in [0.25, 0.3) is 0 Å². The molecular formula is C32H38Si. The Morgan fingerprint density at radius 3 is 1.48 bits per heavy atom. The van der Waals surface area contributed by atoms with Crippen molar-refractivity contribution < 1.29 is 0 Å². The van der Waals surface area contributed by atoms with Crippen LogP contribution < -0.4 is 10.4 Å². The Morgan fingerprint density at radius 2 is 1.03 bits per heavy atom. The van der Waals surface area contributed by atoms with Crippen molar-refractivity contribution in [3.63, 3.8) is 0 Å². The quantitative estimate of drug-likeness (QED) is 0.370. The molecule has 0 nitrogen and oxygen atoms in total. The molecule has 1 aliphatic rings. The molecule has 1 atom stereocenters. The highest BCUT2D eigenvalue weighted by Crippen LogP contribution is 2.58. The van der Waals surface area contributed by atoms with E-state index in [0.29, 0.717) is 0 Å². The zero-order valence-corrected chi connectivity index (χ0v) is 23.0. The molecule has 0 aliphatic heterocycles. The van der Waals surface area contributed by atoms with Gasteiger partial charge >= 0.3 is 0 Å². The highest BCUT2D eigenvalue weighted by atomic mass is 28.3. The summed E-state index contributed by atoms with van der Waals surface area (Å²) in [4.78, 5) is 0. The van der Waals surface area contributed by atoms with Gasteiger partial charge in [0.1, 0.15) is 8.80 Å². The molecule has 1 aliphatic carbocycles. The molecule has 4 rings (SSSR count). The van der Waals surface area contributed by atoms with Gasteiger partial charge in [0.2, 0.25) is 0 Å². The Bertz CT molecular complexity index is 1210. The maximum Gasteiger partial charge on any atom is 0.117 e. The van der Waals surface area contributed by atoms with Crippen molar-refractivity contribution in [3.8, 4) is 0 Å². The van der Waals surface area contributed by atoms with Gasteiger partial charge in [-0.15, -0.1) is 0 Å². The van der Waals surface area contributed by atoms with E-state index in [0.717, 1.165) is 0 Å². The molecule has 0 radical (unpaired) electrons. The van der Waals surface area contributed by atoms with Crippen LogP contribution in [0.3, 0.4) is 0 Å². The third-order valence-corrected chi connectivity index (χ3v) is 11.7. The Morgan fingerprint density at radius 1 is 0.545 bits per heavy atom. The molecule has 0 saturated carbocycles. The Balaban J connectivity index is 2.08. The normalized spacial score (nSPS) is 18.6. The first-order valence-corrected chi connectivity index (χ1v) is 13.9. The van der Waals surface area contributed by atoms with Crippen molar-refractivity contribution in [1.29, 1.82) is 0 Å². The monoisotopic (exact) mass is 450 g/mol. The minimum atomic E-state index is -1.72. The van der Waals surface area contributed by atoms with Crippen molar-refractivity contribution in [2.75, 3.05) is 0 Å². The van der Waals surface area contributed by atoms with E-state index in [2.05, 4.69) is 123 Å². The van der Waals surface area contributed by atoms with E-state index in [1.54, 1.807) is 15.9 Å². The number of allylic oxidation sites excluding steroid dienone is 4. The maximum absolute atomic E-state index is 2.55. The van der Waals surface area contributed by atoms with Crippen molar-refractivity contribution >= 4 is 24.7 Å². The molecule has 1 unspecified atom stereocenters. The average molecular weight is 451 g/mol. The highest BCUT2D eigenvalue weighted by molar-refractivity contribution is 6.90. The largest absolute Gasteiger partial charge is 0.117 e. The second-order valence-corrected chi connectivity index (χ2v) is 14.0. The third-order valence-electron chi connectivity index (χ3n) is 7.84.